The van der Waals surface area contributed by atoms with Crippen molar-refractivity contribution in [1.82, 2.24) is 9.80 Å². The molecule has 0 amide bonds. The van der Waals surface area contributed by atoms with Crippen LogP contribution in [0.15, 0.2) is 76.2 Å². The number of allylic oxidation sites excluding steroid dienone is 8. The Kier molecular flexibility index (Phi) is 17.6. The average Bonchev–Trinajstić information content (AvgIpc) is 3.58. The van der Waals surface area contributed by atoms with E-state index in [4.69, 9.17) is 19.4 Å². The van der Waals surface area contributed by atoms with Gasteiger partial charge < -0.3 is 9.80 Å². The molecule has 6 heteroatoms. The molecule has 1 aromatic carbocycles. The second kappa shape index (κ2) is 21.5. The third-order valence-corrected chi connectivity index (χ3v) is 19.1. The Balaban J connectivity index is 0.000000162. The van der Waals surface area contributed by atoms with E-state index < -0.39 is 13.5 Å². The van der Waals surface area contributed by atoms with Gasteiger partial charge in [-0.05, 0) is 152 Å². The molecule has 0 unspecified atom stereocenters. The zero-order valence-electron chi connectivity index (χ0n) is 33.5. The summed E-state index contributed by atoms with van der Waals surface area (Å²) in [4.78, 5) is 5.00. The molecule has 0 spiro atoms. The standard InChI is InChI=1S/C21H31N2.C18H33P.C7H6.2ClH.Ru/c1-14-9-16(3)20(17(4)10-14)22-7-8-23(13-22)21-18(5)11-15(2)12-19(21)6;1-4-10-16(11-5-1)19(17-12-6-2-7-13-17)18-14-8-3-9-15-18;1-7-5-3-2-4-6-7;;;/h9,11,13,17,19H,7-8,10,12H2,1-6H3;16-18H,1-15H2;1-6H;2*1H;/q-1;;;;;+2/p-1/t17-,19+;;;;;. The van der Waals surface area contributed by atoms with Crippen LogP contribution in [-0.2, 0) is 13.5 Å². The van der Waals surface area contributed by atoms with Crippen molar-refractivity contribution in [2.45, 2.75) is 168 Å². The van der Waals surface area contributed by atoms with Gasteiger partial charge in [-0.1, -0.05) is 56.4 Å². The van der Waals surface area contributed by atoms with Crippen LogP contribution in [0.5, 0.6) is 0 Å². The first-order valence-electron chi connectivity index (χ1n) is 21.0. The van der Waals surface area contributed by atoms with Crippen molar-refractivity contribution >= 4 is 31.9 Å². The van der Waals surface area contributed by atoms with Gasteiger partial charge in [-0.3, -0.25) is 0 Å². The monoisotopic (exact) mass is 854 g/mol. The number of hydrogen-bond donors (Lipinski definition) is 0. The van der Waals surface area contributed by atoms with E-state index >= 15 is 0 Å². The molecule has 1 aromatic rings. The molecule has 3 saturated carbocycles. The summed E-state index contributed by atoms with van der Waals surface area (Å²) in [6.45, 7) is 18.4. The third-order valence-electron chi connectivity index (χ3n) is 12.6. The molecule has 5 aliphatic carbocycles. The first-order valence-corrected chi connectivity index (χ1v) is 28.2. The first kappa shape index (κ1) is 42.4. The van der Waals surface area contributed by atoms with Crippen molar-refractivity contribution in [3.63, 3.8) is 0 Å². The van der Waals surface area contributed by atoms with Crippen LogP contribution in [0, 0.1) is 18.5 Å². The maximum atomic E-state index is 5.67. The summed E-state index contributed by atoms with van der Waals surface area (Å²) in [6, 6.07) is 9.89. The zero-order valence-corrected chi connectivity index (χ0v) is 37.8. The van der Waals surface area contributed by atoms with Crippen LogP contribution >= 0.6 is 27.3 Å². The number of hydrogen-bond acceptors (Lipinski definition) is 2. The molecule has 7 rings (SSSR count). The molecule has 2 nitrogen and oxygen atoms in total. The number of nitrogens with zero attached hydrogens (tertiary/aromatic N) is 2. The molecule has 6 aliphatic rings. The van der Waals surface area contributed by atoms with Gasteiger partial charge in [-0.25, -0.2) is 0 Å². The summed E-state index contributed by atoms with van der Waals surface area (Å²) in [5, 5.41) is 0. The third kappa shape index (κ3) is 12.4. The fourth-order valence-corrected chi connectivity index (χ4v) is 17.8. The van der Waals surface area contributed by atoms with Crippen LogP contribution in [0.2, 0.25) is 0 Å². The van der Waals surface area contributed by atoms with Crippen molar-refractivity contribution in [3.8, 4) is 0 Å². The van der Waals surface area contributed by atoms with Crippen molar-refractivity contribution in [1.29, 1.82) is 0 Å². The van der Waals surface area contributed by atoms with Crippen molar-refractivity contribution in [2.24, 2.45) is 11.8 Å². The van der Waals surface area contributed by atoms with Crippen LogP contribution in [0.25, 0.3) is 0 Å². The molecule has 0 radical (unpaired) electrons. The summed E-state index contributed by atoms with van der Waals surface area (Å²) in [5.74, 6) is 1.24. The molecule has 0 N–H and O–H groups in total. The van der Waals surface area contributed by atoms with E-state index in [-0.39, 0.29) is 7.92 Å². The van der Waals surface area contributed by atoms with Gasteiger partial charge in [0.05, 0.1) is 17.0 Å². The quantitative estimate of drug-likeness (QED) is 0.160. The minimum atomic E-state index is -1.61. The van der Waals surface area contributed by atoms with Gasteiger partial charge in [0.15, 0.2) is 0 Å². The summed E-state index contributed by atoms with van der Waals surface area (Å²) >= 11 is -1.61. The van der Waals surface area contributed by atoms with Crippen molar-refractivity contribution < 1.29 is 13.5 Å². The Morgan fingerprint density at radius 3 is 1.35 bits per heavy atom. The van der Waals surface area contributed by atoms with Gasteiger partial charge in [0, 0.05) is 21.0 Å². The molecule has 1 saturated heterocycles. The van der Waals surface area contributed by atoms with E-state index in [0.29, 0.717) is 11.8 Å². The van der Waals surface area contributed by atoms with E-state index in [9.17, 15) is 0 Å². The van der Waals surface area contributed by atoms with Crippen molar-refractivity contribution in [3.05, 3.63) is 88.4 Å². The summed E-state index contributed by atoms with van der Waals surface area (Å²) in [6.07, 6.45) is 30.9. The Hall–Kier alpha value is -0.717. The normalized spacial score (nSPS) is 25.6. The number of halogens is 2. The fourth-order valence-electron chi connectivity index (χ4n) is 10.7. The van der Waals surface area contributed by atoms with Crippen LogP contribution in [0.3, 0.4) is 0 Å². The molecule has 0 bridgehead atoms. The Morgan fingerprint density at radius 2 is 1.00 bits per heavy atom. The summed E-state index contributed by atoms with van der Waals surface area (Å²) < 4.78 is 1.92. The van der Waals surface area contributed by atoms with Gasteiger partial charge in [0.2, 0.25) is 0 Å². The summed E-state index contributed by atoms with van der Waals surface area (Å²) in [5.41, 5.74) is 13.7. The van der Waals surface area contributed by atoms with E-state index in [1.165, 1.54) is 63.5 Å². The Labute approximate surface area is 334 Å². The van der Waals surface area contributed by atoms with Gasteiger partial charge in [-0.15, -0.1) is 0 Å². The van der Waals surface area contributed by atoms with E-state index in [1.54, 1.807) is 96.3 Å². The van der Waals surface area contributed by atoms with Crippen LogP contribution < -0.4 is 0 Å². The van der Waals surface area contributed by atoms with Gasteiger partial charge in [-0.2, -0.15) is 6.67 Å². The molecule has 52 heavy (non-hydrogen) atoms. The number of rotatable bonds is 6. The Bertz CT molecular complexity index is 1330. The van der Waals surface area contributed by atoms with E-state index in [1.807, 2.05) is 34.9 Å². The van der Waals surface area contributed by atoms with E-state index in [0.717, 1.165) is 18.7 Å². The van der Waals surface area contributed by atoms with Gasteiger partial charge >= 0.3 is 73.4 Å². The Morgan fingerprint density at radius 1 is 0.615 bits per heavy atom. The SMILES string of the molecule is C1CCC([PH+](C2CCCCC2)C2CCCCC2)CC1.CC1=CC(C)=C(N2[CH-]N(C3=C(C)C=C(C)C[C@@H]3C)CC2)[C@H](C)C1.[Cl][Ru]([Cl])=[CH]c1ccccc1. The van der Waals surface area contributed by atoms with Gasteiger partial charge in [0.1, 0.15) is 0 Å². The van der Waals surface area contributed by atoms with Gasteiger partial charge in [0.25, 0.3) is 0 Å². The first-order chi connectivity index (χ1) is 25.1. The minimum absolute atomic E-state index is 0.0465. The summed E-state index contributed by atoms with van der Waals surface area (Å²) in [7, 11) is 11.3. The predicted molar refractivity (Wildman–Crippen MR) is 230 cm³/mol. The van der Waals surface area contributed by atoms with Crippen LogP contribution in [0.4, 0.5) is 0 Å². The molecule has 0 aromatic heterocycles. The molecule has 2 atom stereocenters. The predicted octanol–water partition coefficient (Wildman–Crippen LogP) is 14.2. The molecule has 292 valence electrons. The molecule has 1 heterocycles. The van der Waals surface area contributed by atoms with Crippen LogP contribution in [0.1, 0.15) is 156 Å². The maximum absolute atomic E-state index is 5.67. The number of benzene rings is 1. The topological polar surface area (TPSA) is 6.48 Å². The second-order valence-electron chi connectivity index (χ2n) is 17.1. The second-order valence-corrected chi connectivity index (χ2v) is 26.2. The molecular formula is C46H71Cl2N2PRu. The van der Waals surface area contributed by atoms with Crippen LogP contribution in [-0.4, -0.2) is 44.5 Å². The van der Waals surface area contributed by atoms with Crippen molar-refractivity contribution in [2.75, 3.05) is 13.1 Å². The molecule has 1 aliphatic heterocycles. The average molecular weight is 855 g/mol. The zero-order chi connectivity index (χ0) is 37.0. The molecule has 4 fully saturated rings. The fraction of sp³-hybridized carbons (Fsp3) is 0.652. The van der Waals surface area contributed by atoms with E-state index in [2.05, 4.69) is 70.2 Å². The molecular weight excluding hydrogens is 783 g/mol.